The fourth-order valence-electron chi connectivity index (χ4n) is 3.66. The highest BCUT2D eigenvalue weighted by Crippen LogP contribution is 2.16. The van der Waals surface area contributed by atoms with Gasteiger partial charge in [0.2, 0.25) is 5.91 Å². The lowest BCUT2D eigenvalue weighted by atomic mass is 9.99. The predicted octanol–water partition coefficient (Wildman–Crippen LogP) is 2.58. The van der Waals surface area contributed by atoms with Crippen LogP contribution in [0.1, 0.15) is 19.8 Å². The van der Waals surface area contributed by atoms with Crippen LogP contribution in [0.2, 0.25) is 0 Å². The first kappa shape index (κ1) is 26.3. The van der Waals surface area contributed by atoms with E-state index >= 15 is 0 Å². The number of rotatable bonds is 5. The number of hydrogen-bond donors (Lipinski definition) is 2. The largest absolute Gasteiger partial charge is 0.369 e. The van der Waals surface area contributed by atoms with Gasteiger partial charge in [0, 0.05) is 51.0 Å². The summed E-state index contributed by atoms with van der Waals surface area (Å²) in [5, 5.41) is 6.47. The number of anilines is 1. The number of amides is 1. The molecule has 156 valence electrons. The third-order valence-corrected chi connectivity index (χ3v) is 5.30. The van der Waals surface area contributed by atoms with Crippen LogP contribution >= 0.6 is 37.2 Å². The predicted molar refractivity (Wildman–Crippen MR) is 120 cm³/mol. The van der Waals surface area contributed by atoms with Crippen LogP contribution in [0.4, 0.5) is 5.69 Å². The number of para-hydroxylation sites is 1. The van der Waals surface area contributed by atoms with Crippen molar-refractivity contribution < 1.29 is 4.79 Å². The van der Waals surface area contributed by atoms with Crippen LogP contribution in [-0.2, 0) is 4.79 Å². The van der Waals surface area contributed by atoms with Crippen LogP contribution in [0.15, 0.2) is 30.3 Å². The fraction of sp³-hybridized carbons (Fsp3) is 0.632. The molecule has 27 heavy (non-hydrogen) atoms. The number of nitrogens with one attached hydrogen (secondary N) is 2. The minimum Gasteiger partial charge on any atom is -0.369 e. The Kier molecular flexibility index (Phi) is 13.1. The molecule has 1 aromatic carbocycles. The molecule has 2 aliphatic rings. The zero-order chi connectivity index (χ0) is 16.8. The van der Waals surface area contributed by atoms with Gasteiger partial charge in [0.05, 0.1) is 5.92 Å². The van der Waals surface area contributed by atoms with Crippen LogP contribution in [0, 0.1) is 5.92 Å². The molecule has 2 fully saturated rings. The highest BCUT2D eigenvalue weighted by Gasteiger charge is 2.24. The van der Waals surface area contributed by atoms with Gasteiger partial charge in [-0.2, -0.15) is 0 Å². The number of halogens is 3. The molecule has 5 nitrogen and oxygen atoms in total. The van der Waals surface area contributed by atoms with E-state index in [-0.39, 0.29) is 49.0 Å². The number of piperazine rings is 1. The molecule has 0 aromatic heterocycles. The topological polar surface area (TPSA) is 47.6 Å². The first-order valence-corrected chi connectivity index (χ1v) is 9.26. The van der Waals surface area contributed by atoms with E-state index < -0.39 is 0 Å². The molecule has 8 heteroatoms. The molecular weight excluding hydrogens is 407 g/mol. The van der Waals surface area contributed by atoms with Crippen molar-refractivity contribution in [1.29, 1.82) is 0 Å². The lowest BCUT2D eigenvalue weighted by Crippen LogP contribution is -2.53. The fourth-order valence-corrected chi connectivity index (χ4v) is 3.66. The Balaban J connectivity index is 0.00000225. The summed E-state index contributed by atoms with van der Waals surface area (Å²) in [5.74, 6) is 0.373. The monoisotopic (exact) mass is 438 g/mol. The van der Waals surface area contributed by atoms with Gasteiger partial charge in [0.25, 0.3) is 0 Å². The lowest BCUT2D eigenvalue weighted by molar-refractivity contribution is -0.125. The van der Waals surface area contributed by atoms with E-state index in [1.807, 2.05) is 0 Å². The summed E-state index contributed by atoms with van der Waals surface area (Å²) in [6.45, 7) is 9.05. The second kappa shape index (κ2) is 13.5. The Morgan fingerprint density at radius 2 is 1.81 bits per heavy atom. The third-order valence-electron chi connectivity index (χ3n) is 5.30. The average molecular weight is 440 g/mol. The molecule has 2 aliphatic heterocycles. The number of carbonyl (C=O) groups is 1. The van der Waals surface area contributed by atoms with E-state index in [4.69, 9.17) is 0 Å². The van der Waals surface area contributed by atoms with Crippen molar-refractivity contribution in [2.45, 2.75) is 25.8 Å². The van der Waals surface area contributed by atoms with Crippen LogP contribution < -0.4 is 15.5 Å². The molecule has 0 spiro atoms. The van der Waals surface area contributed by atoms with Gasteiger partial charge in [-0.15, -0.1) is 37.2 Å². The summed E-state index contributed by atoms with van der Waals surface area (Å²) >= 11 is 0. The molecule has 2 saturated heterocycles. The standard InChI is InChI=1S/C19H30N4O.3ClH/c1-16(14-21-19(24)17-6-5-9-20-15-17)22-10-12-23(13-11-22)18-7-3-2-4-8-18;;;/h2-4,7-8,16-17,20H,5-6,9-15H2,1H3,(H,21,24);3*1H. The summed E-state index contributed by atoms with van der Waals surface area (Å²) in [6.07, 6.45) is 2.12. The van der Waals surface area contributed by atoms with E-state index in [0.717, 1.165) is 58.7 Å². The van der Waals surface area contributed by atoms with Gasteiger partial charge < -0.3 is 15.5 Å². The van der Waals surface area contributed by atoms with Crippen molar-refractivity contribution in [2.75, 3.05) is 50.7 Å². The lowest BCUT2D eigenvalue weighted by Gasteiger charge is -2.39. The number of hydrogen-bond acceptors (Lipinski definition) is 4. The summed E-state index contributed by atoms with van der Waals surface area (Å²) in [5.41, 5.74) is 1.31. The number of nitrogens with zero attached hydrogens (tertiary/aromatic N) is 2. The van der Waals surface area contributed by atoms with Gasteiger partial charge in [-0.25, -0.2) is 0 Å². The Morgan fingerprint density at radius 3 is 2.41 bits per heavy atom. The molecular formula is C19H33Cl3N4O. The van der Waals surface area contributed by atoms with Crippen LogP contribution in [0.25, 0.3) is 0 Å². The first-order chi connectivity index (χ1) is 11.7. The van der Waals surface area contributed by atoms with Crippen molar-refractivity contribution in [1.82, 2.24) is 15.5 Å². The van der Waals surface area contributed by atoms with Gasteiger partial charge in [-0.1, -0.05) is 18.2 Å². The van der Waals surface area contributed by atoms with E-state index in [2.05, 4.69) is 57.7 Å². The van der Waals surface area contributed by atoms with Gasteiger partial charge in [0.15, 0.2) is 0 Å². The van der Waals surface area contributed by atoms with E-state index in [9.17, 15) is 4.79 Å². The first-order valence-electron chi connectivity index (χ1n) is 9.26. The highest BCUT2D eigenvalue weighted by atomic mass is 35.5. The summed E-state index contributed by atoms with van der Waals surface area (Å²) in [7, 11) is 0. The molecule has 0 radical (unpaired) electrons. The summed E-state index contributed by atoms with van der Waals surface area (Å²) in [4.78, 5) is 17.2. The molecule has 0 saturated carbocycles. The molecule has 0 aliphatic carbocycles. The van der Waals surface area contributed by atoms with Crippen molar-refractivity contribution >= 4 is 48.8 Å². The van der Waals surface area contributed by atoms with Gasteiger partial charge in [0.1, 0.15) is 0 Å². The highest BCUT2D eigenvalue weighted by molar-refractivity contribution is 5.86. The zero-order valence-corrected chi connectivity index (χ0v) is 18.4. The Morgan fingerprint density at radius 1 is 1.15 bits per heavy atom. The van der Waals surface area contributed by atoms with Crippen molar-refractivity contribution in [3.63, 3.8) is 0 Å². The molecule has 2 unspecified atom stereocenters. The van der Waals surface area contributed by atoms with Gasteiger partial charge in [-0.3, -0.25) is 9.69 Å². The smallest absolute Gasteiger partial charge is 0.224 e. The average Bonchev–Trinajstić information content (AvgIpc) is 2.67. The number of piperidine rings is 1. The molecule has 3 rings (SSSR count). The van der Waals surface area contributed by atoms with E-state index in [1.165, 1.54) is 5.69 Å². The maximum absolute atomic E-state index is 12.2. The van der Waals surface area contributed by atoms with E-state index in [1.54, 1.807) is 0 Å². The van der Waals surface area contributed by atoms with Crippen LogP contribution in [0.5, 0.6) is 0 Å². The van der Waals surface area contributed by atoms with Crippen molar-refractivity contribution in [3.8, 4) is 0 Å². The third kappa shape index (κ3) is 7.66. The van der Waals surface area contributed by atoms with Gasteiger partial charge >= 0.3 is 0 Å². The van der Waals surface area contributed by atoms with E-state index in [0.29, 0.717) is 6.04 Å². The van der Waals surface area contributed by atoms with Crippen molar-refractivity contribution in [3.05, 3.63) is 30.3 Å². The minimum absolute atomic E-state index is 0. The number of carbonyl (C=O) groups excluding carboxylic acids is 1. The maximum Gasteiger partial charge on any atom is 0.224 e. The quantitative estimate of drug-likeness (QED) is 0.740. The molecule has 1 aromatic rings. The second-order valence-electron chi connectivity index (χ2n) is 7.00. The molecule has 2 atom stereocenters. The molecule has 2 N–H and O–H groups in total. The Labute approximate surface area is 181 Å². The normalized spacial score (nSPS) is 21.1. The maximum atomic E-state index is 12.2. The van der Waals surface area contributed by atoms with Crippen LogP contribution in [-0.4, -0.2) is 62.7 Å². The van der Waals surface area contributed by atoms with Gasteiger partial charge in [-0.05, 0) is 38.4 Å². The summed E-state index contributed by atoms with van der Waals surface area (Å²) < 4.78 is 0. The molecule has 0 bridgehead atoms. The minimum atomic E-state index is 0. The van der Waals surface area contributed by atoms with Crippen LogP contribution in [0.3, 0.4) is 0 Å². The second-order valence-corrected chi connectivity index (χ2v) is 7.00. The SMILES string of the molecule is CC(CNC(=O)C1CCCNC1)N1CCN(c2ccccc2)CC1.Cl.Cl.Cl. The Bertz CT molecular complexity index is 521. The van der Waals surface area contributed by atoms with Crippen molar-refractivity contribution in [2.24, 2.45) is 5.92 Å². The summed E-state index contributed by atoms with van der Waals surface area (Å²) in [6, 6.07) is 11.0. The molecule has 1 amide bonds. The Hall–Kier alpha value is -0.720. The number of benzene rings is 1. The molecule has 2 heterocycles. The zero-order valence-electron chi connectivity index (χ0n) is 15.9.